The van der Waals surface area contributed by atoms with Crippen molar-refractivity contribution < 1.29 is 14.1 Å². The quantitative estimate of drug-likeness (QED) is 0.659. The second-order valence-corrected chi connectivity index (χ2v) is 5.61. The molecule has 2 rings (SSSR count). The van der Waals surface area contributed by atoms with E-state index in [1.54, 1.807) is 0 Å². The van der Waals surface area contributed by atoms with Gasteiger partial charge in [-0.3, -0.25) is 14.9 Å². The molecule has 114 valence electrons. The van der Waals surface area contributed by atoms with Gasteiger partial charge in [0, 0.05) is 18.7 Å². The van der Waals surface area contributed by atoms with Crippen molar-refractivity contribution in [1.82, 2.24) is 5.32 Å². The van der Waals surface area contributed by atoms with Crippen molar-refractivity contribution in [3.8, 4) is 0 Å². The summed E-state index contributed by atoms with van der Waals surface area (Å²) in [6, 6.07) is 3.10. The molecule has 0 saturated carbocycles. The molecule has 7 heteroatoms. The number of nitrogens with one attached hydrogen (secondary N) is 2. The van der Waals surface area contributed by atoms with E-state index in [1.165, 1.54) is 0 Å². The first-order valence-electron chi connectivity index (χ1n) is 6.83. The topological polar surface area (TPSA) is 84.3 Å². The minimum absolute atomic E-state index is 0.0780. The van der Waals surface area contributed by atoms with E-state index >= 15 is 0 Å². The smallest absolute Gasteiger partial charge is 0.271 e. The number of non-ortho nitro benzene ring substituents is 1. The molecule has 1 amide bonds. The van der Waals surface area contributed by atoms with Crippen LogP contribution >= 0.6 is 0 Å². The van der Waals surface area contributed by atoms with Crippen LogP contribution in [0.5, 0.6) is 0 Å². The summed E-state index contributed by atoms with van der Waals surface area (Å²) in [6.45, 7) is 5.13. The van der Waals surface area contributed by atoms with Gasteiger partial charge in [-0.2, -0.15) is 0 Å². The second-order valence-electron chi connectivity index (χ2n) is 5.61. The molecule has 21 heavy (non-hydrogen) atoms. The number of rotatable bonds is 4. The van der Waals surface area contributed by atoms with Gasteiger partial charge in [0.15, 0.2) is 0 Å². The van der Waals surface area contributed by atoms with Crippen LogP contribution < -0.4 is 10.6 Å². The van der Waals surface area contributed by atoms with Gasteiger partial charge < -0.3 is 10.6 Å². The van der Waals surface area contributed by atoms with Crippen molar-refractivity contribution in [3.05, 3.63) is 34.1 Å². The van der Waals surface area contributed by atoms with Crippen LogP contribution in [0.4, 0.5) is 15.8 Å². The van der Waals surface area contributed by atoms with E-state index in [1.807, 2.05) is 13.8 Å². The first-order chi connectivity index (χ1) is 9.86. The first-order valence-corrected chi connectivity index (χ1v) is 6.83. The number of carbonyl (C=O) groups is 1. The van der Waals surface area contributed by atoms with E-state index in [2.05, 4.69) is 10.6 Å². The van der Waals surface area contributed by atoms with Crippen molar-refractivity contribution >= 4 is 17.3 Å². The van der Waals surface area contributed by atoms with Crippen molar-refractivity contribution in [2.45, 2.75) is 20.3 Å². The summed E-state index contributed by atoms with van der Waals surface area (Å²) in [5.74, 6) is -0.907. The summed E-state index contributed by atoms with van der Waals surface area (Å²) in [7, 11) is 0. The molecule has 1 atom stereocenters. The molecule has 0 spiro atoms. The van der Waals surface area contributed by atoms with E-state index in [0.29, 0.717) is 13.0 Å². The minimum atomic E-state index is -0.682. The van der Waals surface area contributed by atoms with Gasteiger partial charge >= 0.3 is 0 Å². The monoisotopic (exact) mass is 295 g/mol. The fourth-order valence-corrected chi connectivity index (χ4v) is 2.63. The molecule has 0 aliphatic carbocycles. The highest BCUT2D eigenvalue weighted by molar-refractivity contribution is 5.96. The van der Waals surface area contributed by atoms with Gasteiger partial charge in [-0.05, 0) is 24.9 Å². The second kappa shape index (κ2) is 5.77. The van der Waals surface area contributed by atoms with E-state index in [0.717, 1.165) is 24.7 Å². The van der Waals surface area contributed by atoms with Gasteiger partial charge in [-0.15, -0.1) is 0 Å². The maximum atomic E-state index is 13.8. The van der Waals surface area contributed by atoms with Crippen LogP contribution in [0, 0.1) is 27.3 Å². The molecule has 1 saturated heterocycles. The van der Waals surface area contributed by atoms with Gasteiger partial charge in [0.25, 0.3) is 5.69 Å². The molecule has 1 unspecified atom stereocenters. The Morgan fingerprint density at radius 3 is 2.76 bits per heavy atom. The number of hydrogen-bond donors (Lipinski definition) is 2. The molecule has 0 radical (unpaired) electrons. The highest BCUT2D eigenvalue weighted by Gasteiger charge is 2.44. The zero-order valence-electron chi connectivity index (χ0n) is 12.0. The summed E-state index contributed by atoms with van der Waals surface area (Å²) in [6.07, 6.45) is 0.660. The zero-order chi connectivity index (χ0) is 15.6. The Bertz CT molecular complexity index is 569. The lowest BCUT2D eigenvalue weighted by molar-refractivity contribution is -0.384. The molecule has 0 aromatic heterocycles. The third-order valence-electron chi connectivity index (χ3n) is 4.15. The van der Waals surface area contributed by atoms with Crippen molar-refractivity contribution in [3.63, 3.8) is 0 Å². The SMILES string of the molecule is CC(C)C1(C(=O)Nc2cc([N+](=O)[O-])ccc2F)CCNC1. The molecule has 1 aromatic rings. The number of nitrogens with zero attached hydrogens (tertiary/aromatic N) is 1. The number of anilines is 1. The summed E-state index contributed by atoms with van der Waals surface area (Å²) in [4.78, 5) is 22.6. The molecule has 1 aromatic carbocycles. The number of benzene rings is 1. The van der Waals surface area contributed by atoms with Gasteiger partial charge in [0.1, 0.15) is 5.82 Å². The standard InChI is InChI=1S/C14H18FN3O3/c1-9(2)14(5-6-16-8-14)13(19)17-12-7-10(18(20)21)3-4-11(12)15/h3-4,7,9,16H,5-6,8H2,1-2H3,(H,17,19). The van der Waals surface area contributed by atoms with Crippen molar-refractivity contribution in [1.29, 1.82) is 0 Å². The van der Waals surface area contributed by atoms with Crippen molar-refractivity contribution in [2.24, 2.45) is 11.3 Å². The minimum Gasteiger partial charge on any atom is -0.323 e. The van der Waals surface area contributed by atoms with Gasteiger partial charge in [0.2, 0.25) is 5.91 Å². The Balaban J connectivity index is 2.26. The van der Waals surface area contributed by atoms with Gasteiger partial charge in [-0.25, -0.2) is 4.39 Å². The van der Waals surface area contributed by atoms with Crippen LogP contribution in [0.1, 0.15) is 20.3 Å². The molecular weight excluding hydrogens is 277 g/mol. The van der Waals surface area contributed by atoms with E-state index in [-0.39, 0.29) is 23.2 Å². The van der Waals surface area contributed by atoms with Gasteiger partial charge in [0.05, 0.1) is 16.0 Å². The molecule has 1 heterocycles. The predicted octanol–water partition coefficient (Wildman–Crippen LogP) is 2.31. The number of carbonyl (C=O) groups excluding carboxylic acids is 1. The lowest BCUT2D eigenvalue weighted by Crippen LogP contribution is -2.42. The predicted molar refractivity (Wildman–Crippen MR) is 76.4 cm³/mol. The highest BCUT2D eigenvalue weighted by Crippen LogP contribution is 2.36. The summed E-state index contributed by atoms with van der Waals surface area (Å²) >= 11 is 0. The van der Waals surface area contributed by atoms with Crippen LogP contribution in [0.2, 0.25) is 0 Å². The summed E-state index contributed by atoms with van der Waals surface area (Å²) in [5, 5.41) is 16.4. The van der Waals surface area contributed by atoms with Crippen LogP contribution in [0.25, 0.3) is 0 Å². The average molecular weight is 295 g/mol. The summed E-state index contributed by atoms with van der Waals surface area (Å²) in [5.41, 5.74) is -1.02. The third kappa shape index (κ3) is 2.87. The Labute approximate surface area is 121 Å². The lowest BCUT2D eigenvalue weighted by Gasteiger charge is -2.31. The van der Waals surface area contributed by atoms with Crippen molar-refractivity contribution in [2.75, 3.05) is 18.4 Å². The highest BCUT2D eigenvalue weighted by atomic mass is 19.1. The maximum absolute atomic E-state index is 13.8. The molecule has 1 aliphatic heterocycles. The molecule has 2 N–H and O–H groups in total. The Morgan fingerprint density at radius 1 is 1.52 bits per heavy atom. The molecular formula is C14H18FN3O3. The van der Waals surface area contributed by atoms with Crippen LogP contribution in [-0.4, -0.2) is 23.9 Å². The van der Waals surface area contributed by atoms with Crippen LogP contribution in [-0.2, 0) is 4.79 Å². The Hall–Kier alpha value is -2.02. The van der Waals surface area contributed by atoms with Crippen LogP contribution in [0.15, 0.2) is 18.2 Å². The fraction of sp³-hybridized carbons (Fsp3) is 0.500. The molecule has 6 nitrogen and oxygen atoms in total. The van der Waals surface area contributed by atoms with E-state index in [9.17, 15) is 19.3 Å². The van der Waals surface area contributed by atoms with E-state index < -0.39 is 16.2 Å². The molecule has 0 bridgehead atoms. The normalized spacial score (nSPS) is 21.5. The lowest BCUT2D eigenvalue weighted by atomic mass is 9.75. The molecule has 1 aliphatic rings. The Kier molecular flexibility index (Phi) is 4.22. The fourth-order valence-electron chi connectivity index (χ4n) is 2.63. The van der Waals surface area contributed by atoms with E-state index in [4.69, 9.17) is 0 Å². The number of halogens is 1. The summed E-state index contributed by atoms with van der Waals surface area (Å²) < 4.78 is 13.8. The largest absolute Gasteiger partial charge is 0.323 e. The number of amides is 1. The Morgan fingerprint density at radius 2 is 2.24 bits per heavy atom. The van der Waals surface area contributed by atoms with Crippen LogP contribution in [0.3, 0.4) is 0 Å². The third-order valence-corrected chi connectivity index (χ3v) is 4.15. The first kappa shape index (κ1) is 15.4. The number of nitro groups is 1. The number of hydrogen-bond acceptors (Lipinski definition) is 4. The van der Waals surface area contributed by atoms with Gasteiger partial charge in [-0.1, -0.05) is 13.8 Å². The zero-order valence-corrected chi connectivity index (χ0v) is 12.0. The average Bonchev–Trinajstić information content (AvgIpc) is 2.91. The number of nitro benzene ring substituents is 1. The molecule has 1 fully saturated rings. The maximum Gasteiger partial charge on any atom is 0.271 e.